The molecule has 0 heteroatoms. The van der Waals surface area contributed by atoms with Gasteiger partial charge in [-0.3, -0.25) is 0 Å². The molecular formula is C12H26. The zero-order valence-electron chi connectivity index (χ0n) is 8.27. The van der Waals surface area contributed by atoms with Gasteiger partial charge >= 0.3 is 0 Å². The van der Waals surface area contributed by atoms with Crippen molar-refractivity contribution in [1.29, 1.82) is 0 Å². The van der Waals surface area contributed by atoms with Crippen molar-refractivity contribution in [3.63, 3.8) is 0 Å². The first kappa shape index (κ1) is 14.3. The van der Waals surface area contributed by atoms with E-state index in [9.17, 15) is 0 Å². The van der Waals surface area contributed by atoms with Gasteiger partial charge in [-0.2, -0.15) is 0 Å². The Balaban J connectivity index is 0. The van der Waals surface area contributed by atoms with Crippen molar-refractivity contribution >= 4 is 0 Å². The van der Waals surface area contributed by atoms with Gasteiger partial charge in [0.05, 0.1) is 0 Å². The maximum Gasteiger partial charge on any atom is -0.0231 e. The number of hydrogen-bond donors (Lipinski definition) is 0. The van der Waals surface area contributed by atoms with Gasteiger partial charge in [0.1, 0.15) is 0 Å². The summed E-state index contributed by atoms with van der Waals surface area (Å²) in [7, 11) is 0. The summed E-state index contributed by atoms with van der Waals surface area (Å²) in [5.41, 5.74) is 0. The van der Waals surface area contributed by atoms with E-state index in [1.807, 2.05) is 13.8 Å². The molecule has 1 aliphatic carbocycles. The molecule has 0 heterocycles. The Morgan fingerprint density at radius 1 is 1.33 bits per heavy atom. The smallest absolute Gasteiger partial charge is 0.0231 e. The highest BCUT2D eigenvalue weighted by molar-refractivity contribution is 4.95. The molecule has 0 saturated carbocycles. The highest BCUT2D eigenvalue weighted by atomic mass is 14.1. The number of unbranched alkanes of at least 4 members (excludes halogenated alkanes) is 1. The van der Waals surface area contributed by atoms with E-state index in [1.54, 1.807) is 0 Å². The van der Waals surface area contributed by atoms with Crippen molar-refractivity contribution in [2.75, 3.05) is 0 Å². The van der Waals surface area contributed by atoms with Gasteiger partial charge in [0.15, 0.2) is 0 Å². The van der Waals surface area contributed by atoms with Gasteiger partial charge in [0.25, 0.3) is 0 Å². The molecule has 0 aliphatic heterocycles. The second-order valence-electron chi connectivity index (χ2n) is 2.91. The third-order valence-electron chi connectivity index (χ3n) is 2.04. The van der Waals surface area contributed by atoms with E-state index in [-0.39, 0.29) is 7.43 Å². The maximum absolute atomic E-state index is 2.38. The second kappa shape index (κ2) is 10.7. The second-order valence-corrected chi connectivity index (χ2v) is 2.91. The molecule has 0 amide bonds. The van der Waals surface area contributed by atoms with Gasteiger partial charge in [-0.05, 0) is 25.2 Å². The quantitative estimate of drug-likeness (QED) is 0.533. The van der Waals surface area contributed by atoms with Gasteiger partial charge in [-0.15, -0.1) is 0 Å². The maximum atomic E-state index is 2.38. The van der Waals surface area contributed by atoms with Crippen LogP contribution in [0.2, 0.25) is 0 Å². The van der Waals surface area contributed by atoms with Crippen LogP contribution in [0.5, 0.6) is 0 Å². The first-order valence-corrected chi connectivity index (χ1v) is 5.10. The largest absolute Gasteiger partial charge is 0.0882 e. The van der Waals surface area contributed by atoms with Crippen molar-refractivity contribution in [3.8, 4) is 0 Å². The molecule has 12 heavy (non-hydrogen) atoms. The lowest BCUT2D eigenvalue weighted by Gasteiger charge is -2.03. The van der Waals surface area contributed by atoms with Crippen molar-refractivity contribution in [2.45, 2.75) is 60.3 Å². The van der Waals surface area contributed by atoms with Crippen molar-refractivity contribution < 1.29 is 0 Å². The summed E-state index contributed by atoms with van der Waals surface area (Å²) < 4.78 is 0. The van der Waals surface area contributed by atoms with Crippen LogP contribution in [-0.4, -0.2) is 0 Å². The lowest BCUT2D eigenvalue weighted by Crippen LogP contribution is -1.89. The van der Waals surface area contributed by atoms with Gasteiger partial charge in [-0.1, -0.05) is 53.2 Å². The first-order valence-electron chi connectivity index (χ1n) is 5.10. The molecule has 1 atom stereocenters. The molecular weight excluding hydrogens is 144 g/mol. The molecule has 1 rings (SSSR count). The van der Waals surface area contributed by atoms with Crippen LogP contribution in [0, 0.1) is 5.92 Å². The Labute approximate surface area is 79.1 Å². The molecule has 0 aromatic rings. The highest BCUT2D eigenvalue weighted by Crippen LogP contribution is 2.21. The van der Waals surface area contributed by atoms with Crippen molar-refractivity contribution in [1.82, 2.24) is 0 Å². The topological polar surface area (TPSA) is 0 Å². The summed E-state index contributed by atoms with van der Waals surface area (Å²) in [6.07, 6.45) is 11.6. The minimum Gasteiger partial charge on any atom is -0.0882 e. The van der Waals surface area contributed by atoms with Crippen LogP contribution < -0.4 is 0 Å². The predicted molar refractivity (Wildman–Crippen MR) is 59.5 cm³/mol. The summed E-state index contributed by atoms with van der Waals surface area (Å²) in [6, 6.07) is 0. The van der Waals surface area contributed by atoms with E-state index < -0.39 is 0 Å². The lowest BCUT2D eigenvalue weighted by molar-refractivity contribution is 0.545. The lowest BCUT2D eigenvalue weighted by atomic mass is 10.0. The minimum atomic E-state index is 0. The van der Waals surface area contributed by atoms with Gasteiger partial charge in [0.2, 0.25) is 0 Å². The molecule has 1 unspecified atom stereocenters. The molecule has 0 aromatic carbocycles. The Morgan fingerprint density at radius 3 is 2.42 bits per heavy atom. The summed E-state index contributed by atoms with van der Waals surface area (Å²) in [6.45, 7) is 6.26. The van der Waals surface area contributed by atoms with E-state index in [0.29, 0.717) is 0 Å². The third-order valence-corrected chi connectivity index (χ3v) is 2.04. The SMILES string of the molecule is C.CC.CCCCC1C=CCC1. The zero-order valence-corrected chi connectivity index (χ0v) is 8.27. The van der Waals surface area contributed by atoms with E-state index >= 15 is 0 Å². The number of hydrogen-bond acceptors (Lipinski definition) is 0. The summed E-state index contributed by atoms with van der Waals surface area (Å²) in [5.74, 6) is 0.935. The molecule has 0 saturated heterocycles. The van der Waals surface area contributed by atoms with Crippen molar-refractivity contribution in [2.24, 2.45) is 5.92 Å². The van der Waals surface area contributed by atoms with Crippen LogP contribution in [0.4, 0.5) is 0 Å². The van der Waals surface area contributed by atoms with Crippen molar-refractivity contribution in [3.05, 3.63) is 12.2 Å². The molecule has 0 spiro atoms. The van der Waals surface area contributed by atoms with Crippen LogP contribution in [0.25, 0.3) is 0 Å². The monoisotopic (exact) mass is 170 g/mol. The molecule has 0 radical (unpaired) electrons. The predicted octanol–water partition coefficient (Wildman–Crippen LogP) is 4.81. The molecule has 74 valence electrons. The standard InChI is InChI=1S/C9H16.C2H6.CH4/c1-2-3-6-9-7-4-5-8-9;1-2;/h4,7,9H,2-3,5-6,8H2,1H3;1-2H3;1H4. The van der Waals surface area contributed by atoms with Crippen LogP contribution in [0.1, 0.15) is 60.3 Å². The third kappa shape index (κ3) is 6.45. The van der Waals surface area contributed by atoms with E-state index in [1.165, 1.54) is 32.1 Å². The van der Waals surface area contributed by atoms with Crippen LogP contribution >= 0.6 is 0 Å². The summed E-state index contributed by atoms with van der Waals surface area (Å²) in [5, 5.41) is 0. The molecule has 0 N–H and O–H groups in total. The Hall–Kier alpha value is -0.260. The Bertz CT molecular complexity index is 92.2. The molecule has 0 fully saturated rings. The average molecular weight is 170 g/mol. The first-order chi connectivity index (χ1) is 5.43. The molecule has 0 aromatic heterocycles. The van der Waals surface area contributed by atoms with E-state index in [4.69, 9.17) is 0 Å². The highest BCUT2D eigenvalue weighted by Gasteiger charge is 2.06. The van der Waals surface area contributed by atoms with Crippen LogP contribution in [0.3, 0.4) is 0 Å². The summed E-state index contributed by atoms with van der Waals surface area (Å²) >= 11 is 0. The Kier molecular flexibility index (Phi) is 12.8. The zero-order chi connectivity index (χ0) is 8.53. The minimum absolute atomic E-state index is 0. The average Bonchev–Trinajstić information content (AvgIpc) is 2.57. The van der Waals surface area contributed by atoms with Crippen LogP contribution in [0.15, 0.2) is 12.2 Å². The number of allylic oxidation sites excluding steroid dienone is 2. The molecule has 1 aliphatic rings. The molecule has 0 bridgehead atoms. The van der Waals surface area contributed by atoms with Gasteiger partial charge in [-0.25, -0.2) is 0 Å². The van der Waals surface area contributed by atoms with E-state index in [0.717, 1.165) is 5.92 Å². The number of rotatable bonds is 3. The Morgan fingerprint density at radius 2 is 2.00 bits per heavy atom. The van der Waals surface area contributed by atoms with Gasteiger partial charge < -0.3 is 0 Å². The fraction of sp³-hybridized carbons (Fsp3) is 0.833. The van der Waals surface area contributed by atoms with Crippen LogP contribution in [-0.2, 0) is 0 Å². The summed E-state index contributed by atoms with van der Waals surface area (Å²) in [4.78, 5) is 0. The van der Waals surface area contributed by atoms with E-state index in [2.05, 4.69) is 19.1 Å². The fourth-order valence-corrected chi connectivity index (χ4v) is 1.40. The fourth-order valence-electron chi connectivity index (χ4n) is 1.40. The van der Waals surface area contributed by atoms with Gasteiger partial charge in [0, 0.05) is 0 Å². The molecule has 0 nitrogen and oxygen atoms in total. The normalized spacial score (nSPS) is 19.4.